The molecular weight excluding hydrogens is 328 g/mol. The average Bonchev–Trinajstić information content (AvgIpc) is 2.62. The molecule has 2 aromatic rings. The quantitative estimate of drug-likeness (QED) is 0.894. The number of aryl methyl sites for hydroxylation is 1. The number of amides is 1. The van der Waals surface area contributed by atoms with Crippen LogP contribution in [0.4, 0.5) is 8.78 Å². The van der Waals surface area contributed by atoms with E-state index in [0.717, 1.165) is 36.1 Å². The summed E-state index contributed by atoms with van der Waals surface area (Å²) in [6, 6.07) is 8.41. The molecule has 0 saturated carbocycles. The highest BCUT2D eigenvalue weighted by Crippen LogP contribution is 2.36. The molecule has 0 unspecified atom stereocenters. The van der Waals surface area contributed by atoms with E-state index in [9.17, 15) is 18.7 Å². The predicted octanol–water partition coefficient (Wildman–Crippen LogP) is 2.93. The van der Waals surface area contributed by atoms with E-state index < -0.39 is 23.1 Å². The van der Waals surface area contributed by atoms with Crippen molar-refractivity contribution in [1.82, 2.24) is 5.32 Å². The van der Waals surface area contributed by atoms with Crippen molar-refractivity contribution in [2.24, 2.45) is 0 Å². The van der Waals surface area contributed by atoms with Crippen molar-refractivity contribution in [1.29, 1.82) is 0 Å². The van der Waals surface area contributed by atoms with Crippen LogP contribution in [0, 0.1) is 11.6 Å². The number of aliphatic hydroxyl groups is 1. The SMILES string of the molecule is COc1ccc2c(c1)CCC[C@]2(O)CNC(=O)c1ccc(F)c(F)c1. The van der Waals surface area contributed by atoms with Gasteiger partial charge in [0.15, 0.2) is 11.6 Å². The number of halogens is 2. The summed E-state index contributed by atoms with van der Waals surface area (Å²) in [7, 11) is 1.58. The molecule has 2 aromatic carbocycles. The number of carbonyl (C=O) groups is 1. The molecule has 1 aliphatic carbocycles. The summed E-state index contributed by atoms with van der Waals surface area (Å²) in [5, 5.41) is 13.6. The van der Waals surface area contributed by atoms with Gasteiger partial charge in [0, 0.05) is 5.56 Å². The Bertz CT molecular complexity index is 809. The van der Waals surface area contributed by atoms with E-state index in [1.165, 1.54) is 6.07 Å². The van der Waals surface area contributed by atoms with Gasteiger partial charge in [-0.05, 0) is 60.7 Å². The Morgan fingerprint density at radius 1 is 1.24 bits per heavy atom. The third kappa shape index (κ3) is 3.49. The first-order chi connectivity index (χ1) is 11.9. The molecule has 4 nitrogen and oxygen atoms in total. The maximum absolute atomic E-state index is 13.3. The van der Waals surface area contributed by atoms with Gasteiger partial charge in [0.05, 0.1) is 13.7 Å². The van der Waals surface area contributed by atoms with E-state index in [4.69, 9.17) is 4.74 Å². The Morgan fingerprint density at radius 3 is 2.76 bits per heavy atom. The highest BCUT2D eigenvalue weighted by atomic mass is 19.2. The molecule has 0 bridgehead atoms. The van der Waals surface area contributed by atoms with Crippen molar-refractivity contribution in [2.75, 3.05) is 13.7 Å². The molecule has 1 amide bonds. The molecule has 0 radical (unpaired) electrons. The van der Waals surface area contributed by atoms with Gasteiger partial charge in [0.25, 0.3) is 5.91 Å². The van der Waals surface area contributed by atoms with Gasteiger partial charge in [-0.1, -0.05) is 6.07 Å². The summed E-state index contributed by atoms with van der Waals surface area (Å²) in [6.45, 7) is -0.00976. The zero-order valence-electron chi connectivity index (χ0n) is 13.8. The second-order valence-electron chi connectivity index (χ2n) is 6.22. The van der Waals surface area contributed by atoms with Crippen LogP contribution in [0.25, 0.3) is 0 Å². The summed E-state index contributed by atoms with van der Waals surface area (Å²) in [5.41, 5.74) is 0.544. The first-order valence-corrected chi connectivity index (χ1v) is 8.06. The number of nitrogens with one attached hydrogen (secondary N) is 1. The van der Waals surface area contributed by atoms with Crippen LogP contribution < -0.4 is 10.1 Å². The molecule has 3 rings (SSSR count). The normalized spacial score (nSPS) is 19.2. The van der Waals surface area contributed by atoms with E-state index in [-0.39, 0.29) is 12.1 Å². The minimum atomic E-state index is -1.20. The van der Waals surface area contributed by atoms with Gasteiger partial charge >= 0.3 is 0 Å². The molecule has 0 heterocycles. The molecular formula is C19H19F2NO3. The number of methoxy groups -OCH3 is 1. The first-order valence-electron chi connectivity index (χ1n) is 8.06. The van der Waals surface area contributed by atoms with Crippen LogP contribution in [0.5, 0.6) is 5.75 Å². The van der Waals surface area contributed by atoms with Crippen LogP contribution >= 0.6 is 0 Å². The van der Waals surface area contributed by atoms with E-state index in [0.29, 0.717) is 12.2 Å². The molecule has 1 atom stereocenters. The lowest BCUT2D eigenvalue weighted by Gasteiger charge is -2.35. The molecule has 2 N–H and O–H groups in total. The van der Waals surface area contributed by atoms with Crippen molar-refractivity contribution in [3.63, 3.8) is 0 Å². The molecule has 0 aromatic heterocycles. The third-order valence-corrected chi connectivity index (χ3v) is 4.57. The Labute approximate surface area is 144 Å². The molecule has 1 aliphatic rings. The average molecular weight is 347 g/mol. The van der Waals surface area contributed by atoms with Crippen LogP contribution in [0.3, 0.4) is 0 Å². The standard InChI is InChI=1S/C19H19F2NO3/c1-25-14-5-6-15-12(9-14)3-2-8-19(15,24)11-22-18(23)13-4-7-16(20)17(21)10-13/h4-7,9-10,24H,2-3,8,11H2,1H3,(H,22,23)/t19-/m0/s1. The summed E-state index contributed by atoms with van der Waals surface area (Å²) in [6.07, 6.45) is 2.11. The van der Waals surface area contributed by atoms with Gasteiger partial charge in [-0.3, -0.25) is 4.79 Å². The van der Waals surface area contributed by atoms with Gasteiger partial charge in [0.2, 0.25) is 0 Å². The highest BCUT2D eigenvalue weighted by Gasteiger charge is 2.35. The Hall–Kier alpha value is -2.47. The Morgan fingerprint density at radius 2 is 2.04 bits per heavy atom. The summed E-state index contributed by atoms with van der Waals surface area (Å²) in [4.78, 5) is 12.2. The van der Waals surface area contributed by atoms with Crippen LogP contribution in [-0.2, 0) is 12.0 Å². The number of fused-ring (bicyclic) bond motifs is 1. The summed E-state index contributed by atoms with van der Waals surface area (Å²) < 4.78 is 31.4. The third-order valence-electron chi connectivity index (χ3n) is 4.57. The van der Waals surface area contributed by atoms with Crippen molar-refractivity contribution >= 4 is 5.91 Å². The van der Waals surface area contributed by atoms with Gasteiger partial charge in [-0.25, -0.2) is 8.78 Å². The lowest BCUT2D eigenvalue weighted by atomic mass is 9.79. The van der Waals surface area contributed by atoms with Gasteiger partial charge in [-0.2, -0.15) is 0 Å². The van der Waals surface area contributed by atoms with Gasteiger partial charge in [0.1, 0.15) is 11.4 Å². The molecule has 0 spiro atoms. The summed E-state index contributed by atoms with van der Waals surface area (Å²) in [5.74, 6) is -1.94. The smallest absolute Gasteiger partial charge is 0.251 e. The van der Waals surface area contributed by atoms with E-state index in [2.05, 4.69) is 5.32 Å². The van der Waals surface area contributed by atoms with E-state index in [1.54, 1.807) is 19.2 Å². The lowest BCUT2D eigenvalue weighted by Crippen LogP contribution is -2.43. The zero-order valence-corrected chi connectivity index (χ0v) is 13.8. The lowest BCUT2D eigenvalue weighted by molar-refractivity contribution is 0.0189. The first kappa shape index (κ1) is 17.4. The maximum Gasteiger partial charge on any atom is 0.251 e. The number of hydrogen-bond donors (Lipinski definition) is 2. The minimum Gasteiger partial charge on any atom is -0.497 e. The van der Waals surface area contributed by atoms with Crippen LogP contribution in [0.1, 0.15) is 34.3 Å². The number of benzene rings is 2. The zero-order chi connectivity index (χ0) is 18.0. The van der Waals surface area contributed by atoms with Crippen LogP contribution in [-0.4, -0.2) is 24.7 Å². The van der Waals surface area contributed by atoms with Crippen molar-refractivity contribution in [3.05, 3.63) is 64.7 Å². The second kappa shape index (κ2) is 6.80. The minimum absolute atomic E-state index is 0.00765. The molecule has 25 heavy (non-hydrogen) atoms. The topological polar surface area (TPSA) is 58.6 Å². The largest absolute Gasteiger partial charge is 0.497 e. The molecule has 0 aliphatic heterocycles. The monoisotopic (exact) mass is 347 g/mol. The predicted molar refractivity (Wildman–Crippen MR) is 88.5 cm³/mol. The number of carbonyl (C=O) groups excluding carboxylic acids is 1. The highest BCUT2D eigenvalue weighted by molar-refractivity contribution is 5.94. The Balaban J connectivity index is 1.77. The summed E-state index contributed by atoms with van der Waals surface area (Å²) >= 11 is 0. The molecule has 0 fully saturated rings. The van der Waals surface area contributed by atoms with Gasteiger partial charge in [-0.15, -0.1) is 0 Å². The van der Waals surface area contributed by atoms with Crippen molar-refractivity contribution < 1.29 is 23.4 Å². The molecule has 6 heteroatoms. The van der Waals surface area contributed by atoms with Crippen molar-refractivity contribution in [3.8, 4) is 5.75 Å². The maximum atomic E-state index is 13.3. The number of ether oxygens (including phenoxy) is 1. The van der Waals surface area contributed by atoms with Gasteiger partial charge < -0.3 is 15.2 Å². The fourth-order valence-corrected chi connectivity index (χ4v) is 3.21. The van der Waals surface area contributed by atoms with Crippen molar-refractivity contribution in [2.45, 2.75) is 24.9 Å². The van der Waals surface area contributed by atoms with Crippen LogP contribution in [0.15, 0.2) is 36.4 Å². The number of hydrogen-bond acceptors (Lipinski definition) is 3. The molecule has 132 valence electrons. The van der Waals surface area contributed by atoms with E-state index in [1.807, 2.05) is 6.07 Å². The second-order valence-corrected chi connectivity index (χ2v) is 6.22. The fraction of sp³-hybridized carbons (Fsp3) is 0.316. The number of rotatable bonds is 4. The fourth-order valence-electron chi connectivity index (χ4n) is 3.21. The van der Waals surface area contributed by atoms with E-state index >= 15 is 0 Å². The molecule has 0 saturated heterocycles. The Kier molecular flexibility index (Phi) is 4.72. The van der Waals surface area contributed by atoms with Crippen LogP contribution in [0.2, 0.25) is 0 Å².